The first-order valence-electron chi connectivity index (χ1n) is 6.15. The van der Waals surface area contributed by atoms with Gasteiger partial charge in [-0.15, -0.1) is 0 Å². The molecule has 2 heteroatoms. The van der Waals surface area contributed by atoms with E-state index in [1.807, 2.05) is 0 Å². The minimum Gasteiger partial charge on any atom is -0.396 e. The van der Waals surface area contributed by atoms with Crippen LogP contribution in [-0.4, -0.2) is 16.3 Å². The first kappa shape index (κ1) is 12.3. The number of aromatic nitrogens is 1. The average molecular weight is 209 g/mol. The van der Waals surface area contributed by atoms with Crippen LogP contribution in [0.3, 0.4) is 0 Å². The Morgan fingerprint density at radius 3 is 1.87 bits per heavy atom. The van der Waals surface area contributed by atoms with Gasteiger partial charge in [-0.25, -0.2) is 0 Å². The largest absolute Gasteiger partial charge is 0.396 e. The van der Waals surface area contributed by atoms with Crippen molar-refractivity contribution in [3.63, 3.8) is 0 Å². The molecule has 0 bridgehead atoms. The maximum Gasteiger partial charge on any atom is 0.0431 e. The lowest BCUT2D eigenvalue weighted by Gasteiger charge is -2.03. The summed E-state index contributed by atoms with van der Waals surface area (Å²) in [5, 5.41) is 8.61. The Labute approximate surface area is 92.9 Å². The summed E-state index contributed by atoms with van der Waals surface area (Å²) in [6.07, 6.45) is 13.0. The molecule has 15 heavy (non-hydrogen) atoms. The number of nitrogens with zero attached hydrogens (tertiary/aromatic N) is 1. The normalized spacial score (nSPS) is 10.7. The van der Waals surface area contributed by atoms with Crippen LogP contribution in [0.25, 0.3) is 0 Å². The van der Waals surface area contributed by atoms with Crippen molar-refractivity contribution in [2.75, 3.05) is 6.61 Å². The summed E-state index contributed by atoms with van der Waals surface area (Å²) >= 11 is 0. The highest BCUT2D eigenvalue weighted by atomic mass is 16.2. The van der Waals surface area contributed by atoms with Crippen molar-refractivity contribution in [1.29, 1.82) is 0 Å². The number of hydrogen-bond acceptors (Lipinski definition) is 1. The zero-order chi connectivity index (χ0) is 10.8. The van der Waals surface area contributed by atoms with Crippen LogP contribution in [-0.2, 0) is 6.54 Å². The summed E-state index contributed by atoms with van der Waals surface area (Å²) in [6, 6.07) is 4.16. The minimum atomic E-state index is 0.355. The Morgan fingerprint density at radius 2 is 1.27 bits per heavy atom. The summed E-state index contributed by atoms with van der Waals surface area (Å²) < 4.78 is 2.24. The van der Waals surface area contributed by atoms with E-state index in [2.05, 4.69) is 29.1 Å². The molecule has 1 rings (SSSR count). The van der Waals surface area contributed by atoms with Crippen molar-refractivity contribution >= 4 is 0 Å². The molecule has 0 aliphatic carbocycles. The molecular weight excluding hydrogens is 186 g/mol. The molecule has 0 saturated carbocycles. The molecule has 0 aliphatic heterocycles. The Morgan fingerprint density at radius 1 is 0.733 bits per heavy atom. The quantitative estimate of drug-likeness (QED) is 0.621. The van der Waals surface area contributed by atoms with Crippen molar-refractivity contribution in [2.24, 2.45) is 0 Å². The predicted octanol–water partition coefficient (Wildman–Crippen LogP) is 3.21. The molecule has 0 aliphatic rings. The molecule has 0 saturated heterocycles. The van der Waals surface area contributed by atoms with Crippen molar-refractivity contribution in [3.05, 3.63) is 24.5 Å². The van der Waals surface area contributed by atoms with Crippen LogP contribution in [0, 0.1) is 0 Å². The molecule has 1 aromatic rings. The standard InChI is InChI=1S/C13H23NO/c15-13-9-5-3-1-2-4-6-10-14-11-7-8-12-14/h7-8,11-12,15H,1-6,9-10,13H2. The molecule has 0 amide bonds. The van der Waals surface area contributed by atoms with Gasteiger partial charge >= 0.3 is 0 Å². The van der Waals surface area contributed by atoms with Crippen LogP contribution in [0.5, 0.6) is 0 Å². The molecular formula is C13H23NO. The van der Waals surface area contributed by atoms with E-state index in [0.717, 1.165) is 13.0 Å². The summed E-state index contributed by atoms with van der Waals surface area (Å²) in [7, 11) is 0. The van der Waals surface area contributed by atoms with Gasteiger partial charge in [0, 0.05) is 25.5 Å². The van der Waals surface area contributed by atoms with Gasteiger partial charge in [-0.3, -0.25) is 0 Å². The average Bonchev–Trinajstić information content (AvgIpc) is 2.75. The summed E-state index contributed by atoms with van der Waals surface area (Å²) in [4.78, 5) is 0. The Hall–Kier alpha value is -0.760. The van der Waals surface area contributed by atoms with E-state index < -0.39 is 0 Å². The lowest BCUT2D eigenvalue weighted by molar-refractivity contribution is 0.282. The molecule has 0 aromatic carbocycles. The second-order valence-electron chi connectivity index (χ2n) is 4.12. The fourth-order valence-corrected chi connectivity index (χ4v) is 1.81. The van der Waals surface area contributed by atoms with Crippen molar-refractivity contribution in [2.45, 2.75) is 51.5 Å². The van der Waals surface area contributed by atoms with Crippen LogP contribution in [0.1, 0.15) is 44.9 Å². The van der Waals surface area contributed by atoms with E-state index in [9.17, 15) is 0 Å². The topological polar surface area (TPSA) is 25.2 Å². The van der Waals surface area contributed by atoms with Gasteiger partial charge in [0.15, 0.2) is 0 Å². The summed E-state index contributed by atoms with van der Waals surface area (Å²) in [5.41, 5.74) is 0. The number of unbranched alkanes of at least 4 members (excludes halogenated alkanes) is 6. The summed E-state index contributed by atoms with van der Waals surface area (Å²) in [6.45, 7) is 1.51. The Balaban J connectivity index is 1.81. The van der Waals surface area contributed by atoms with Crippen LogP contribution >= 0.6 is 0 Å². The summed E-state index contributed by atoms with van der Waals surface area (Å²) in [5.74, 6) is 0. The molecule has 0 radical (unpaired) electrons. The van der Waals surface area contributed by atoms with Crippen LogP contribution in [0.2, 0.25) is 0 Å². The minimum absolute atomic E-state index is 0.355. The van der Waals surface area contributed by atoms with E-state index in [-0.39, 0.29) is 0 Å². The van der Waals surface area contributed by atoms with E-state index in [4.69, 9.17) is 5.11 Å². The van der Waals surface area contributed by atoms with E-state index in [1.165, 1.54) is 38.5 Å². The Kier molecular flexibility index (Phi) is 7.01. The van der Waals surface area contributed by atoms with Crippen molar-refractivity contribution < 1.29 is 5.11 Å². The third kappa shape index (κ3) is 6.34. The molecule has 1 aromatic heterocycles. The fourth-order valence-electron chi connectivity index (χ4n) is 1.81. The molecule has 1 heterocycles. The van der Waals surface area contributed by atoms with Gasteiger partial charge in [-0.05, 0) is 25.0 Å². The molecule has 0 atom stereocenters. The zero-order valence-corrected chi connectivity index (χ0v) is 9.57. The van der Waals surface area contributed by atoms with E-state index in [1.54, 1.807) is 0 Å². The molecule has 2 nitrogen and oxygen atoms in total. The third-order valence-corrected chi connectivity index (χ3v) is 2.74. The number of rotatable bonds is 9. The highest BCUT2D eigenvalue weighted by molar-refractivity contribution is 4.89. The first-order valence-corrected chi connectivity index (χ1v) is 6.15. The fraction of sp³-hybridized carbons (Fsp3) is 0.692. The lowest BCUT2D eigenvalue weighted by atomic mass is 10.1. The molecule has 86 valence electrons. The van der Waals surface area contributed by atoms with Gasteiger partial charge < -0.3 is 9.67 Å². The van der Waals surface area contributed by atoms with Crippen molar-refractivity contribution in [3.8, 4) is 0 Å². The number of aliphatic hydroxyl groups excluding tert-OH is 1. The predicted molar refractivity (Wildman–Crippen MR) is 63.8 cm³/mol. The first-order chi connectivity index (χ1) is 7.43. The van der Waals surface area contributed by atoms with Gasteiger partial charge in [-0.2, -0.15) is 0 Å². The van der Waals surface area contributed by atoms with Gasteiger partial charge in [0.05, 0.1) is 0 Å². The lowest BCUT2D eigenvalue weighted by Crippen LogP contribution is -1.93. The van der Waals surface area contributed by atoms with Gasteiger partial charge in [0.25, 0.3) is 0 Å². The molecule has 0 unspecified atom stereocenters. The maximum absolute atomic E-state index is 8.61. The SMILES string of the molecule is OCCCCCCCCCn1cccc1. The molecule has 1 N–H and O–H groups in total. The highest BCUT2D eigenvalue weighted by Gasteiger charge is 1.92. The monoisotopic (exact) mass is 209 g/mol. The van der Waals surface area contributed by atoms with Crippen LogP contribution < -0.4 is 0 Å². The number of aliphatic hydroxyl groups is 1. The maximum atomic E-state index is 8.61. The molecule has 0 spiro atoms. The number of aryl methyl sites for hydroxylation is 1. The Bertz CT molecular complexity index is 218. The molecule has 0 fully saturated rings. The second kappa shape index (κ2) is 8.54. The van der Waals surface area contributed by atoms with Gasteiger partial charge in [0.2, 0.25) is 0 Å². The zero-order valence-electron chi connectivity index (χ0n) is 9.57. The smallest absolute Gasteiger partial charge is 0.0431 e. The van der Waals surface area contributed by atoms with Crippen LogP contribution in [0.15, 0.2) is 24.5 Å². The van der Waals surface area contributed by atoms with E-state index in [0.29, 0.717) is 6.61 Å². The van der Waals surface area contributed by atoms with Crippen LogP contribution in [0.4, 0.5) is 0 Å². The van der Waals surface area contributed by atoms with Crippen molar-refractivity contribution in [1.82, 2.24) is 4.57 Å². The number of hydrogen-bond donors (Lipinski definition) is 1. The highest BCUT2D eigenvalue weighted by Crippen LogP contribution is 2.07. The second-order valence-corrected chi connectivity index (χ2v) is 4.12. The van der Waals surface area contributed by atoms with Gasteiger partial charge in [-0.1, -0.05) is 32.1 Å². The van der Waals surface area contributed by atoms with E-state index >= 15 is 0 Å². The van der Waals surface area contributed by atoms with Gasteiger partial charge in [0.1, 0.15) is 0 Å². The third-order valence-electron chi connectivity index (χ3n) is 2.74.